The minimum atomic E-state index is -0.576. The number of nitrogen functional groups attached to an aromatic ring is 1. The summed E-state index contributed by atoms with van der Waals surface area (Å²) in [5.41, 5.74) is 12.0. The van der Waals surface area contributed by atoms with Gasteiger partial charge >= 0.3 is 0 Å². The van der Waals surface area contributed by atoms with Crippen LogP contribution < -0.4 is 11.5 Å². The molecule has 2 amide bonds. The first-order valence-electron chi connectivity index (χ1n) is 6.50. The summed E-state index contributed by atoms with van der Waals surface area (Å²) < 4.78 is 0. The molecule has 0 aromatic heterocycles. The third kappa shape index (κ3) is 2.86. The van der Waals surface area contributed by atoms with E-state index < -0.39 is 5.91 Å². The highest BCUT2D eigenvalue weighted by molar-refractivity contribution is 6.00. The lowest BCUT2D eigenvalue weighted by atomic mass is 10.0. The maximum Gasteiger partial charge on any atom is 0.254 e. The predicted octanol–water partition coefficient (Wildman–Crippen LogP) is 1.38. The van der Waals surface area contributed by atoms with Gasteiger partial charge in [-0.05, 0) is 44.4 Å². The predicted molar refractivity (Wildman–Crippen MR) is 73.7 cm³/mol. The number of benzene rings is 1. The van der Waals surface area contributed by atoms with E-state index in [0.717, 1.165) is 25.8 Å². The number of amides is 2. The molecule has 102 valence electrons. The molecule has 1 atom stereocenters. The average Bonchev–Trinajstić information content (AvgIpc) is 2.37. The molecule has 0 saturated carbocycles. The smallest absolute Gasteiger partial charge is 0.254 e. The molecule has 2 rings (SSSR count). The first kappa shape index (κ1) is 13.4. The number of hydrogen-bond donors (Lipinski definition) is 2. The summed E-state index contributed by atoms with van der Waals surface area (Å²) in [6.45, 7) is 2.79. The molecule has 1 aliphatic rings. The molecule has 1 fully saturated rings. The van der Waals surface area contributed by atoms with E-state index in [1.54, 1.807) is 6.07 Å². The Kier molecular flexibility index (Phi) is 3.74. The second kappa shape index (κ2) is 5.30. The van der Waals surface area contributed by atoms with E-state index in [9.17, 15) is 9.59 Å². The zero-order valence-corrected chi connectivity index (χ0v) is 11.1. The minimum absolute atomic E-state index is 0.0815. The highest BCUT2D eigenvalue weighted by Crippen LogP contribution is 2.21. The number of carbonyl (C=O) groups is 2. The second-order valence-corrected chi connectivity index (χ2v) is 5.05. The molecular weight excluding hydrogens is 242 g/mol. The Bertz CT molecular complexity index is 513. The van der Waals surface area contributed by atoms with Gasteiger partial charge in [0.15, 0.2) is 0 Å². The third-order valence-electron chi connectivity index (χ3n) is 3.55. The van der Waals surface area contributed by atoms with Gasteiger partial charge in [-0.25, -0.2) is 0 Å². The Hall–Kier alpha value is -2.04. The number of nitrogens with two attached hydrogens (primary N) is 2. The molecule has 5 nitrogen and oxygen atoms in total. The van der Waals surface area contributed by atoms with E-state index in [-0.39, 0.29) is 17.5 Å². The van der Waals surface area contributed by atoms with Gasteiger partial charge in [-0.1, -0.05) is 0 Å². The van der Waals surface area contributed by atoms with Crippen molar-refractivity contribution < 1.29 is 9.59 Å². The van der Waals surface area contributed by atoms with E-state index in [4.69, 9.17) is 11.5 Å². The summed E-state index contributed by atoms with van der Waals surface area (Å²) >= 11 is 0. The number of nitrogens with zero attached hydrogens (tertiary/aromatic N) is 1. The van der Waals surface area contributed by atoms with E-state index in [2.05, 4.69) is 0 Å². The van der Waals surface area contributed by atoms with Gasteiger partial charge in [0.2, 0.25) is 5.91 Å². The molecule has 1 heterocycles. The number of likely N-dealkylation sites (tertiary alicyclic amines) is 1. The van der Waals surface area contributed by atoms with Crippen LogP contribution in [-0.2, 0) is 0 Å². The molecule has 1 aromatic rings. The van der Waals surface area contributed by atoms with Crippen molar-refractivity contribution in [2.45, 2.75) is 32.2 Å². The molecule has 1 aromatic carbocycles. The van der Waals surface area contributed by atoms with Crippen molar-refractivity contribution in [1.82, 2.24) is 4.90 Å². The molecule has 5 heteroatoms. The van der Waals surface area contributed by atoms with E-state index >= 15 is 0 Å². The number of primary amides is 1. The molecule has 4 N–H and O–H groups in total. The first-order chi connectivity index (χ1) is 8.99. The van der Waals surface area contributed by atoms with E-state index in [1.807, 2.05) is 11.8 Å². The van der Waals surface area contributed by atoms with Crippen LogP contribution in [0, 0.1) is 0 Å². The van der Waals surface area contributed by atoms with Crippen LogP contribution in [0.25, 0.3) is 0 Å². The van der Waals surface area contributed by atoms with Crippen molar-refractivity contribution in [3.05, 3.63) is 29.3 Å². The van der Waals surface area contributed by atoms with Crippen molar-refractivity contribution >= 4 is 17.5 Å². The topological polar surface area (TPSA) is 89.4 Å². The Morgan fingerprint density at radius 3 is 2.53 bits per heavy atom. The molecule has 1 aliphatic heterocycles. The fraction of sp³-hybridized carbons (Fsp3) is 0.429. The summed E-state index contributed by atoms with van der Waals surface area (Å²) in [6, 6.07) is 4.82. The zero-order valence-electron chi connectivity index (χ0n) is 11.1. The van der Waals surface area contributed by atoms with Gasteiger partial charge in [0, 0.05) is 29.4 Å². The van der Waals surface area contributed by atoms with Crippen molar-refractivity contribution in [3.8, 4) is 0 Å². The standard InChI is InChI=1S/C14H19N3O2/c1-9-4-2-3-5-17(9)14(19)11-6-10(13(16)18)7-12(15)8-11/h6-9H,2-5,15H2,1H3,(H2,16,18). The third-order valence-corrected chi connectivity index (χ3v) is 3.55. The van der Waals surface area contributed by atoms with Crippen LogP contribution in [0.3, 0.4) is 0 Å². The summed E-state index contributed by atoms with van der Waals surface area (Å²) in [5, 5.41) is 0. The molecule has 19 heavy (non-hydrogen) atoms. The lowest BCUT2D eigenvalue weighted by molar-refractivity contribution is 0.0635. The number of carbonyl (C=O) groups excluding carboxylic acids is 2. The van der Waals surface area contributed by atoms with Gasteiger partial charge in [0.25, 0.3) is 5.91 Å². The Morgan fingerprint density at radius 1 is 1.21 bits per heavy atom. The summed E-state index contributed by atoms with van der Waals surface area (Å²) in [5.74, 6) is -0.657. The Morgan fingerprint density at radius 2 is 1.89 bits per heavy atom. The van der Waals surface area contributed by atoms with Crippen LogP contribution in [0.5, 0.6) is 0 Å². The normalized spacial score (nSPS) is 19.2. The average molecular weight is 261 g/mol. The van der Waals surface area contributed by atoms with Crippen LogP contribution in [-0.4, -0.2) is 29.3 Å². The van der Waals surface area contributed by atoms with Gasteiger partial charge < -0.3 is 16.4 Å². The zero-order chi connectivity index (χ0) is 14.0. The number of anilines is 1. The second-order valence-electron chi connectivity index (χ2n) is 5.05. The van der Waals surface area contributed by atoms with Crippen molar-refractivity contribution in [2.75, 3.05) is 12.3 Å². The first-order valence-corrected chi connectivity index (χ1v) is 6.50. The number of hydrogen-bond acceptors (Lipinski definition) is 3. The Balaban J connectivity index is 2.30. The molecule has 0 radical (unpaired) electrons. The lowest BCUT2D eigenvalue weighted by Crippen LogP contribution is -2.42. The highest BCUT2D eigenvalue weighted by Gasteiger charge is 2.24. The number of rotatable bonds is 2. The Labute approximate surface area is 112 Å². The molecule has 1 saturated heterocycles. The van der Waals surface area contributed by atoms with Crippen LogP contribution in [0.4, 0.5) is 5.69 Å². The fourth-order valence-corrected chi connectivity index (χ4v) is 2.48. The molecule has 1 unspecified atom stereocenters. The lowest BCUT2D eigenvalue weighted by Gasteiger charge is -2.33. The van der Waals surface area contributed by atoms with Crippen molar-refractivity contribution in [2.24, 2.45) is 5.73 Å². The SMILES string of the molecule is CC1CCCCN1C(=O)c1cc(N)cc(C(N)=O)c1. The number of piperidine rings is 1. The van der Waals surface area contributed by atoms with Gasteiger partial charge in [-0.2, -0.15) is 0 Å². The largest absolute Gasteiger partial charge is 0.399 e. The van der Waals surface area contributed by atoms with E-state index in [0.29, 0.717) is 11.3 Å². The van der Waals surface area contributed by atoms with Gasteiger partial charge in [-0.15, -0.1) is 0 Å². The van der Waals surface area contributed by atoms with Gasteiger partial charge in [-0.3, -0.25) is 9.59 Å². The van der Waals surface area contributed by atoms with E-state index in [1.165, 1.54) is 12.1 Å². The molecule has 0 spiro atoms. The highest BCUT2D eigenvalue weighted by atomic mass is 16.2. The van der Waals surface area contributed by atoms with Gasteiger partial charge in [0.05, 0.1) is 0 Å². The summed E-state index contributed by atoms with van der Waals surface area (Å²) in [6.07, 6.45) is 3.17. The summed E-state index contributed by atoms with van der Waals surface area (Å²) in [4.78, 5) is 25.5. The molecule has 0 bridgehead atoms. The quantitative estimate of drug-likeness (QED) is 0.788. The van der Waals surface area contributed by atoms with Crippen molar-refractivity contribution in [1.29, 1.82) is 0 Å². The van der Waals surface area contributed by atoms with Crippen LogP contribution in [0.1, 0.15) is 46.9 Å². The van der Waals surface area contributed by atoms with Gasteiger partial charge in [0.1, 0.15) is 0 Å². The minimum Gasteiger partial charge on any atom is -0.399 e. The maximum atomic E-state index is 12.5. The summed E-state index contributed by atoms with van der Waals surface area (Å²) in [7, 11) is 0. The fourth-order valence-electron chi connectivity index (χ4n) is 2.48. The van der Waals surface area contributed by atoms with Crippen LogP contribution >= 0.6 is 0 Å². The van der Waals surface area contributed by atoms with Crippen LogP contribution in [0.2, 0.25) is 0 Å². The van der Waals surface area contributed by atoms with Crippen LogP contribution in [0.15, 0.2) is 18.2 Å². The molecular formula is C14H19N3O2. The van der Waals surface area contributed by atoms with Crippen molar-refractivity contribution in [3.63, 3.8) is 0 Å². The monoisotopic (exact) mass is 261 g/mol. The maximum absolute atomic E-state index is 12.5. The molecule has 0 aliphatic carbocycles.